The molecule has 0 saturated carbocycles. The average Bonchev–Trinajstić information content (AvgIpc) is 2.91. The maximum atomic E-state index is 13.7. The molecule has 0 unspecified atom stereocenters. The molecule has 7 rings (SSSR count). The van der Waals surface area contributed by atoms with E-state index < -0.39 is 0 Å². The van der Waals surface area contributed by atoms with Crippen LogP contribution < -0.4 is 10.5 Å². The van der Waals surface area contributed by atoms with E-state index in [0.29, 0.717) is 0 Å². The van der Waals surface area contributed by atoms with Gasteiger partial charge in [0.25, 0.3) is 5.56 Å². The number of nitrogens with zero attached hydrogens (tertiary/aromatic N) is 2. The largest absolute Gasteiger partial charge is 0.306 e. The van der Waals surface area contributed by atoms with Gasteiger partial charge in [0, 0.05) is 16.5 Å². The number of para-hydroxylation sites is 3. The zero-order chi connectivity index (χ0) is 22.6. The molecule has 6 aromatic rings. The zero-order valence-corrected chi connectivity index (χ0v) is 18.3. The SMILES string of the molecule is O=c1c2ccccc2c2cccc3c2n1-c1ccccc1N3c1ccc(-c2ccccc2)cc1. The Morgan fingerprint density at radius 1 is 0.441 bits per heavy atom. The Kier molecular flexibility index (Phi) is 4.00. The van der Waals surface area contributed by atoms with Crippen molar-refractivity contribution in [2.45, 2.75) is 0 Å². The molecule has 0 aliphatic carbocycles. The maximum absolute atomic E-state index is 13.7. The molecule has 2 heterocycles. The van der Waals surface area contributed by atoms with Gasteiger partial charge in [0.15, 0.2) is 0 Å². The van der Waals surface area contributed by atoms with E-state index in [4.69, 9.17) is 0 Å². The van der Waals surface area contributed by atoms with Crippen LogP contribution in [0.25, 0.3) is 38.5 Å². The van der Waals surface area contributed by atoms with Crippen LogP contribution >= 0.6 is 0 Å². The minimum Gasteiger partial charge on any atom is -0.306 e. The summed E-state index contributed by atoms with van der Waals surface area (Å²) in [5.74, 6) is 0. The fourth-order valence-corrected chi connectivity index (χ4v) is 5.20. The Morgan fingerprint density at radius 2 is 1.03 bits per heavy atom. The van der Waals surface area contributed by atoms with Gasteiger partial charge in [-0.1, -0.05) is 84.9 Å². The van der Waals surface area contributed by atoms with Gasteiger partial charge < -0.3 is 4.90 Å². The van der Waals surface area contributed by atoms with Crippen molar-refractivity contribution in [3.8, 4) is 16.8 Å². The quantitative estimate of drug-likeness (QED) is 0.261. The fraction of sp³-hybridized carbons (Fsp3) is 0. The van der Waals surface area contributed by atoms with E-state index in [1.807, 2.05) is 53.1 Å². The minimum atomic E-state index is 0.0158. The van der Waals surface area contributed by atoms with Crippen molar-refractivity contribution in [3.05, 3.63) is 132 Å². The Hall–Kier alpha value is -4.63. The highest BCUT2D eigenvalue weighted by molar-refractivity contribution is 6.13. The Labute approximate surface area is 196 Å². The Balaban J connectivity index is 1.53. The third-order valence-electron chi connectivity index (χ3n) is 6.73. The van der Waals surface area contributed by atoms with E-state index in [-0.39, 0.29) is 5.56 Å². The van der Waals surface area contributed by atoms with E-state index in [1.54, 1.807) is 0 Å². The summed E-state index contributed by atoms with van der Waals surface area (Å²) >= 11 is 0. The number of pyridine rings is 1. The van der Waals surface area contributed by atoms with Crippen molar-refractivity contribution < 1.29 is 0 Å². The molecular formula is C31H20N2O. The molecule has 1 aliphatic heterocycles. The topological polar surface area (TPSA) is 25.2 Å². The van der Waals surface area contributed by atoms with Gasteiger partial charge in [0.05, 0.1) is 22.6 Å². The number of fused-ring (bicyclic) bond motifs is 4. The summed E-state index contributed by atoms with van der Waals surface area (Å²) in [6, 6.07) is 41.4. The lowest BCUT2D eigenvalue weighted by Crippen LogP contribution is -2.27. The summed E-state index contributed by atoms with van der Waals surface area (Å²) in [6.45, 7) is 0. The first-order valence-corrected chi connectivity index (χ1v) is 11.4. The summed E-state index contributed by atoms with van der Waals surface area (Å²) in [6.07, 6.45) is 0. The summed E-state index contributed by atoms with van der Waals surface area (Å²) in [7, 11) is 0. The molecule has 1 aliphatic rings. The molecule has 160 valence electrons. The molecule has 3 nitrogen and oxygen atoms in total. The van der Waals surface area contributed by atoms with Gasteiger partial charge in [-0.3, -0.25) is 9.36 Å². The minimum absolute atomic E-state index is 0.0158. The van der Waals surface area contributed by atoms with Crippen molar-refractivity contribution in [2.75, 3.05) is 4.90 Å². The van der Waals surface area contributed by atoms with Gasteiger partial charge >= 0.3 is 0 Å². The van der Waals surface area contributed by atoms with Crippen molar-refractivity contribution >= 4 is 38.7 Å². The van der Waals surface area contributed by atoms with Crippen molar-refractivity contribution in [2.24, 2.45) is 0 Å². The van der Waals surface area contributed by atoms with E-state index in [9.17, 15) is 4.79 Å². The fourth-order valence-electron chi connectivity index (χ4n) is 5.20. The number of aromatic nitrogens is 1. The Bertz CT molecular complexity index is 1770. The second-order valence-corrected chi connectivity index (χ2v) is 8.60. The van der Waals surface area contributed by atoms with Crippen LogP contribution in [0, 0.1) is 0 Å². The lowest BCUT2D eigenvalue weighted by atomic mass is 10.0. The summed E-state index contributed by atoms with van der Waals surface area (Å²) in [5, 5.41) is 2.80. The first kappa shape index (κ1) is 18.9. The van der Waals surface area contributed by atoms with Crippen LogP contribution in [-0.2, 0) is 0 Å². The zero-order valence-electron chi connectivity index (χ0n) is 18.3. The second kappa shape index (κ2) is 7.19. The summed E-state index contributed by atoms with van der Waals surface area (Å²) in [5.41, 5.74) is 7.28. The monoisotopic (exact) mass is 436 g/mol. The van der Waals surface area contributed by atoms with Crippen LogP contribution in [0.2, 0.25) is 0 Å². The van der Waals surface area contributed by atoms with Crippen molar-refractivity contribution in [1.82, 2.24) is 4.57 Å². The molecule has 0 saturated heterocycles. The molecule has 0 radical (unpaired) electrons. The second-order valence-electron chi connectivity index (χ2n) is 8.60. The highest BCUT2D eigenvalue weighted by Gasteiger charge is 2.27. The molecule has 5 aromatic carbocycles. The first-order chi connectivity index (χ1) is 16.8. The first-order valence-electron chi connectivity index (χ1n) is 11.4. The van der Waals surface area contributed by atoms with E-state index in [1.165, 1.54) is 11.1 Å². The number of rotatable bonds is 2. The molecule has 34 heavy (non-hydrogen) atoms. The molecular weight excluding hydrogens is 416 g/mol. The van der Waals surface area contributed by atoms with Crippen LogP contribution in [0.15, 0.2) is 126 Å². The molecule has 3 heteroatoms. The molecule has 1 aromatic heterocycles. The van der Waals surface area contributed by atoms with Crippen molar-refractivity contribution in [1.29, 1.82) is 0 Å². The van der Waals surface area contributed by atoms with Gasteiger partial charge in [-0.2, -0.15) is 0 Å². The van der Waals surface area contributed by atoms with Crippen LogP contribution in [0.4, 0.5) is 17.1 Å². The number of benzene rings is 5. The average molecular weight is 437 g/mol. The predicted octanol–water partition coefficient (Wildman–Crippen LogP) is 7.59. The van der Waals surface area contributed by atoms with Crippen LogP contribution in [0.5, 0.6) is 0 Å². The summed E-state index contributed by atoms with van der Waals surface area (Å²) < 4.78 is 1.89. The molecule has 0 spiro atoms. The lowest BCUT2D eigenvalue weighted by molar-refractivity contribution is 1.02. The molecule has 0 fully saturated rings. The lowest BCUT2D eigenvalue weighted by Gasteiger charge is -2.34. The maximum Gasteiger partial charge on any atom is 0.263 e. The number of hydrogen-bond donors (Lipinski definition) is 0. The smallest absolute Gasteiger partial charge is 0.263 e. The Morgan fingerprint density at radius 3 is 1.82 bits per heavy atom. The molecule has 0 atom stereocenters. The predicted molar refractivity (Wildman–Crippen MR) is 141 cm³/mol. The molecule has 0 bridgehead atoms. The normalized spacial score (nSPS) is 12.2. The number of anilines is 3. The summed E-state index contributed by atoms with van der Waals surface area (Å²) in [4.78, 5) is 16.0. The van der Waals surface area contributed by atoms with Crippen LogP contribution in [0.3, 0.4) is 0 Å². The molecule has 0 amide bonds. The van der Waals surface area contributed by atoms with Crippen LogP contribution in [-0.4, -0.2) is 4.57 Å². The third-order valence-corrected chi connectivity index (χ3v) is 6.73. The van der Waals surface area contributed by atoms with Crippen LogP contribution in [0.1, 0.15) is 0 Å². The van der Waals surface area contributed by atoms with E-state index >= 15 is 0 Å². The third kappa shape index (κ3) is 2.61. The van der Waals surface area contributed by atoms with Crippen molar-refractivity contribution in [3.63, 3.8) is 0 Å². The number of hydrogen-bond acceptors (Lipinski definition) is 2. The van der Waals surface area contributed by atoms with E-state index in [2.05, 4.69) is 77.7 Å². The highest BCUT2D eigenvalue weighted by Crippen LogP contribution is 2.46. The molecule has 0 N–H and O–H groups in total. The van der Waals surface area contributed by atoms with Gasteiger partial charge in [-0.25, -0.2) is 0 Å². The van der Waals surface area contributed by atoms with Gasteiger partial charge in [0.1, 0.15) is 0 Å². The van der Waals surface area contributed by atoms with Gasteiger partial charge in [0.2, 0.25) is 0 Å². The standard InChI is InChI=1S/C31H20N2O/c34-31-26-12-5-4-11-24(26)25-13-8-16-29-30(25)33(31)28-15-7-6-14-27(28)32(29)23-19-17-22(18-20-23)21-9-2-1-3-10-21/h1-20H. The highest BCUT2D eigenvalue weighted by atomic mass is 16.1. The van der Waals surface area contributed by atoms with Gasteiger partial charge in [-0.05, 0) is 52.9 Å². The van der Waals surface area contributed by atoms with E-state index in [0.717, 1.165) is 44.4 Å². The van der Waals surface area contributed by atoms with Gasteiger partial charge in [-0.15, -0.1) is 0 Å².